The van der Waals surface area contributed by atoms with Gasteiger partial charge in [0, 0.05) is 23.6 Å². The summed E-state index contributed by atoms with van der Waals surface area (Å²) >= 11 is 0. The quantitative estimate of drug-likeness (QED) is 0.430. The molecular formula is C22H15FN2O3. The molecule has 5 nitrogen and oxygen atoms in total. The van der Waals surface area contributed by atoms with Crippen LogP contribution in [0.15, 0.2) is 84.7 Å². The normalized spacial score (nSPS) is 18.5. The highest BCUT2D eigenvalue weighted by Gasteiger charge is 2.47. The third kappa shape index (κ3) is 2.95. The van der Waals surface area contributed by atoms with Gasteiger partial charge in [-0.1, -0.05) is 36.4 Å². The second kappa shape index (κ2) is 7.08. The molecule has 1 aliphatic heterocycles. The Hall–Kier alpha value is -3.80. The number of pyridine rings is 1. The largest absolute Gasteiger partial charge is 0.507 e. The first-order chi connectivity index (χ1) is 13.6. The van der Waals surface area contributed by atoms with Gasteiger partial charge in [0.2, 0.25) is 0 Å². The highest BCUT2D eigenvalue weighted by atomic mass is 19.1. The minimum absolute atomic E-state index is 0.0338. The molecule has 2 aromatic carbocycles. The average Bonchev–Trinajstić information content (AvgIpc) is 3.00. The first kappa shape index (κ1) is 17.6. The van der Waals surface area contributed by atoms with E-state index in [-0.39, 0.29) is 11.3 Å². The van der Waals surface area contributed by atoms with Gasteiger partial charge in [0.05, 0.1) is 11.6 Å². The SMILES string of the molecule is O=C1C(=O)N(c2ccc(F)cc2)C(c2cccnc2)/C1=C(/O)c1ccccc1. The van der Waals surface area contributed by atoms with E-state index in [1.165, 1.54) is 35.4 Å². The van der Waals surface area contributed by atoms with Crippen molar-refractivity contribution >= 4 is 23.1 Å². The summed E-state index contributed by atoms with van der Waals surface area (Å²) in [4.78, 5) is 31.0. The molecule has 2 heterocycles. The van der Waals surface area contributed by atoms with Gasteiger partial charge in [0.25, 0.3) is 11.7 Å². The number of aliphatic hydroxyl groups is 1. The van der Waals surface area contributed by atoms with Gasteiger partial charge in [-0.2, -0.15) is 0 Å². The summed E-state index contributed by atoms with van der Waals surface area (Å²) in [6.45, 7) is 0. The monoisotopic (exact) mass is 374 g/mol. The van der Waals surface area contributed by atoms with Gasteiger partial charge in [-0.15, -0.1) is 0 Å². The number of amides is 1. The Morgan fingerprint density at radius 1 is 0.964 bits per heavy atom. The van der Waals surface area contributed by atoms with Crippen LogP contribution in [0.2, 0.25) is 0 Å². The zero-order chi connectivity index (χ0) is 19.7. The topological polar surface area (TPSA) is 70.5 Å². The molecule has 28 heavy (non-hydrogen) atoms. The molecule has 3 aromatic rings. The summed E-state index contributed by atoms with van der Waals surface area (Å²) in [5.74, 6) is -2.32. The van der Waals surface area contributed by atoms with Gasteiger partial charge in [0.15, 0.2) is 0 Å². The van der Waals surface area contributed by atoms with Gasteiger partial charge in [-0.3, -0.25) is 19.5 Å². The van der Waals surface area contributed by atoms with Crippen molar-refractivity contribution in [3.8, 4) is 0 Å². The van der Waals surface area contributed by atoms with Gasteiger partial charge in [0.1, 0.15) is 11.6 Å². The van der Waals surface area contributed by atoms with Crippen LogP contribution < -0.4 is 4.90 Å². The molecule has 1 atom stereocenters. The van der Waals surface area contributed by atoms with E-state index in [0.717, 1.165) is 0 Å². The summed E-state index contributed by atoms with van der Waals surface area (Å²) in [5.41, 5.74) is 1.30. The number of aromatic nitrogens is 1. The van der Waals surface area contributed by atoms with Crippen molar-refractivity contribution in [3.05, 3.63) is 102 Å². The molecule has 1 aliphatic rings. The van der Waals surface area contributed by atoms with E-state index >= 15 is 0 Å². The summed E-state index contributed by atoms with van der Waals surface area (Å²) < 4.78 is 13.4. The molecule has 1 amide bonds. The van der Waals surface area contributed by atoms with Crippen molar-refractivity contribution in [1.29, 1.82) is 0 Å². The summed E-state index contributed by atoms with van der Waals surface area (Å²) in [7, 11) is 0. The van der Waals surface area contributed by atoms with Crippen LogP contribution in [-0.4, -0.2) is 21.8 Å². The minimum Gasteiger partial charge on any atom is -0.507 e. The number of halogens is 1. The third-order valence-corrected chi connectivity index (χ3v) is 4.60. The molecule has 0 saturated carbocycles. The van der Waals surface area contributed by atoms with Gasteiger partial charge in [-0.25, -0.2) is 4.39 Å². The van der Waals surface area contributed by atoms with Crippen molar-refractivity contribution < 1.29 is 19.1 Å². The molecule has 1 aromatic heterocycles. The van der Waals surface area contributed by atoms with Crippen molar-refractivity contribution in [3.63, 3.8) is 0 Å². The van der Waals surface area contributed by atoms with Gasteiger partial charge in [-0.05, 0) is 35.9 Å². The fraction of sp³-hybridized carbons (Fsp3) is 0.0455. The van der Waals surface area contributed by atoms with Gasteiger partial charge >= 0.3 is 0 Å². The lowest BCUT2D eigenvalue weighted by Crippen LogP contribution is -2.29. The number of ketones is 1. The average molecular weight is 374 g/mol. The first-order valence-corrected chi connectivity index (χ1v) is 8.60. The molecule has 6 heteroatoms. The second-order valence-corrected chi connectivity index (χ2v) is 6.30. The van der Waals surface area contributed by atoms with E-state index in [1.54, 1.807) is 48.7 Å². The smallest absolute Gasteiger partial charge is 0.300 e. The van der Waals surface area contributed by atoms with Crippen LogP contribution in [0, 0.1) is 5.82 Å². The summed E-state index contributed by atoms with van der Waals surface area (Å²) in [6, 6.07) is 16.3. The Morgan fingerprint density at radius 3 is 2.32 bits per heavy atom. The zero-order valence-corrected chi connectivity index (χ0v) is 14.6. The maximum absolute atomic E-state index is 13.4. The Labute approximate surface area is 160 Å². The predicted molar refractivity (Wildman–Crippen MR) is 102 cm³/mol. The standard InChI is InChI=1S/C22H15FN2O3/c23-16-8-10-17(11-9-16)25-19(15-7-4-12-24-13-15)18(21(27)22(25)28)20(26)14-5-2-1-3-6-14/h1-13,19,26H/b20-18-. The van der Waals surface area contributed by atoms with E-state index in [4.69, 9.17) is 0 Å². The Balaban J connectivity index is 1.94. The van der Waals surface area contributed by atoms with Crippen molar-refractivity contribution in [2.24, 2.45) is 0 Å². The highest BCUT2D eigenvalue weighted by Crippen LogP contribution is 2.41. The number of hydrogen-bond acceptors (Lipinski definition) is 4. The Morgan fingerprint density at radius 2 is 1.68 bits per heavy atom. The van der Waals surface area contributed by atoms with Crippen molar-refractivity contribution in [2.75, 3.05) is 4.90 Å². The van der Waals surface area contributed by atoms with Crippen LogP contribution in [-0.2, 0) is 9.59 Å². The zero-order valence-electron chi connectivity index (χ0n) is 14.6. The fourth-order valence-electron chi connectivity index (χ4n) is 3.31. The van der Waals surface area contributed by atoms with E-state index in [9.17, 15) is 19.1 Å². The minimum atomic E-state index is -0.876. The van der Waals surface area contributed by atoms with E-state index in [0.29, 0.717) is 16.8 Å². The molecule has 1 unspecified atom stereocenters. The number of nitrogens with zero attached hydrogens (tertiary/aromatic N) is 2. The maximum atomic E-state index is 13.4. The predicted octanol–water partition coefficient (Wildman–Crippen LogP) is 3.85. The van der Waals surface area contributed by atoms with Crippen LogP contribution >= 0.6 is 0 Å². The second-order valence-electron chi connectivity index (χ2n) is 6.30. The van der Waals surface area contributed by atoms with Crippen molar-refractivity contribution in [1.82, 2.24) is 4.98 Å². The number of Topliss-reactive ketones (excluding diaryl/α,β-unsaturated/α-hetero) is 1. The first-order valence-electron chi connectivity index (χ1n) is 8.60. The molecule has 138 valence electrons. The Bertz CT molecular complexity index is 1060. The molecule has 1 fully saturated rings. The van der Waals surface area contributed by atoms with Crippen molar-refractivity contribution in [2.45, 2.75) is 6.04 Å². The Kier molecular flexibility index (Phi) is 4.45. The summed E-state index contributed by atoms with van der Waals surface area (Å²) in [5, 5.41) is 10.8. The molecule has 0 bridgehead atoms. The number of benzene rings is 2. The lowest BCUT2D eigenvalue weighted by atomic mass is 9.96. The molecule has 0 aliphatic carbocycles. The number of anilines is 1. The van der Waals surface area contributed by atoms with Crippen LogP contribution in [0.5, 0.6) is 0 Å². The van der Waals surface area contributed by atoms with Gasteiger partial charge < -0.3 is 5.11 Å². The number of carbonyl (C=O) groups is 2. The fourth-order valence-corrected chi connectivity index (χ4v) is 3.31. The number of hydrogen-bond donors (Lipinski definition) is 1. The molecular weight excluding hydrogens is 359 g/mol. The number of aliphatic hydroxyl groups excluding tert-OH is 1. The molecule has 1 saturated heterocycles. The van der Waals surface area contributed by atoms with E-state index in [2.05, 4.69) is 4.98 Å². The highest BCUT2D eigenvalue weighted by molar-refractivity contribution is 6.51. The van der Waals surface area contributed by atoms with Crippen LogP contribution in [0.1, 0.15) is 17.2 Å². The lowest BCUT2D eigenvalue weighted by Gasteiger charge is -2.25. The van der Waals surface area contributed by atoms with Crippen LogP contribution in [0.3, 0.4) is 0 Å². The molecule has 1 N–H and O–H groups in total. The van der Waals surface area contributed by atoms with E-state index < -0.39 is 23.5 Å². The lowest BCUT2D eigenvalue weighted by molar-refractivity contribution is -0.132. The third-order valence-electron chi connectivity index (χ3n) is 4.60. The number of carbonyl (C=O) groups excluding carboxylic acids is 2. The molecule has 0 spiro atoms. The van der Waals surface area contributed by atoms with Crippen LogP contribution in [0.4, 0.5) is 10.1 Å². The molecule has 0 radical (unpaired) electrons. The van der Waals surface area contributed by atoms with Crippen LogP contribution in [0.25, 0.3) is 5.76 Å². The maximum Gasteiger partial charge on any atom is 0.300 e. The van der Waals surface area contributed by atoms with E-state index in [1.807, 2.05) is 0 Å². The number of rotatable bonds is 3. The molecule has 4 rings (SSSR count). The summed E-state index contributed by atoms with van der Waals surface area (Å²) in [6.07, 6.45) is 3.11.